The summed E-state index contributed by atoms with van der Waals surface area (Å²) in [5.74, 6) is 1.45. The lowest BCUT2D eigenvalue weighted by Crippen LogP contribution is -2.10. The Morgan fingerprint density at radius 3 is 2.44 bits per heavy atom. The zero-order valence-corrected chi connectivity index (χ0v) is 10.4. The molecule has 1 unspecified atom stereocenters. The second-order valence-corrected chi connectivity index (χ2v) is 4.17. The van der Waals surface area contributed by atoms with Crippen molar-refractivity contribution in [3.63, 3.8) is 0 Å². The molecule has 1 rings (SSSR count). The van der Waals surface area contributed by atoms with E-state index in [0.717, 1.165) is 17.1 Å². The second-order valence-electron chi connectivity index (χ2n) is 4.17. The molecule has 0 aliphatic rings. The standard InChI is InChI=1S/C13H20O3/c1-9(2)16-12-7-5-6-11(8-10(3)14)13(12)15-4/h5-7,9-10,14H,8H2,1-4H3. The number of hydrogen-bond acceptors (Lipinski definition) is 3. The fraction of sp³-hybridized carbons (Fsp3) is 0.538. The summed E-state index contributed by atoms with van der Waals surface area (Å²) >= 11 is 0. The van der Waals surface area contributed by atoms with Crippen molar-refractivity contribution in [2.75, 3.05) is 7.11 Å². The third-order valence-electron chi connectivity index (χ3n) is 2.14. The molecule has 0 saturated carbocycles. The molecule has 1 N–H and O–H groups in total. The van der Waals surface area contributed by atoms with Gasteiger partial charge < -0.3 is 14.6 Å². The molecule has 0 radical (unpaired) electrons. The quantitative estimate of drug-likeness (QED) is 0.834. The van der Waals surface area contributed by atoms with Crippen molar-refractivity contribution in [1.82, 2.24) is 0 Å². The van der Waals surface area contributed by atoms with Crippen LogP contribution >= 0.6 is 0 Å². The van der Waals surface area contributed by atoms with E-state index in [4.69, 9.17) is 9.47 Å². The summed E-state index contributed by atoms with van der Waals surface area (Å²) in [7, 11) is 1.62. The molecule has 3 heteroatoms. The van der Waals surface area contributed by atoms with Gasteiger partial charge in [-0.05, 0) is 26.8 Å². The first-order valence-corrected chi connectivity index (χ1v) is 5.55. The fourth-order valence-electron chi connectivity index (χ4n) is 1.62. The highest BCUT2D eigenvalue weighted by Crippen LogP contribution is 2.32. The fourth-order valence-corrected chi connectivity index (χ4v) is 1.62. The maximum Gasteiger partial charge on any atom is 0.164 e. The highest BCUT2D eigenvalue weighted by molar-refractivity contribution is 5.47. The minimum atomic E-state index is -0.386. The van der Waals surface area contributed by atoms with E-state index in [0.29, 0.717) is 6.42 Å². The zero-order chi connectivity index (χ0) is 12.1. The Bertz CT molecular complexity index is 304. The molecule has 0 bridgehead atoms. The van der Waals surface area contributed by atoms with Crippen LogP contribution in [0.15, 0.2) is 18.2 Å². The lowest BCUT2D eigenvalue weighted by molar-refractivity contribution is 0.192. The maximum absolute atomic E-state index is 9.40. The van der Waals surface area contributed by atoms with E-state index < -0.39 is 0 Å². The van der Waals surface area contributed by atoms with Crippen molar-refractivity contribution in [2.45, 2.75) is 39.4 Å². The van der Waals surface area contributed by atoms with Crippen LogP contribution in [0.3, 0.4) is 0 Å². The Hall–Kier alpha value is -1.22. The van der Waals surface area contributed by atoms with Crippen molar-refractivity contribution >= 4 is 0 Å². The zero-order valence-electron chi connectivity index (χ0n) is 10.4. The van der Waals surface area contributed by atoms with Crippen LogP contribution in [0.1, 0.15) is 26.3 Å². The molecule has 0 aliphatic carbocycles. The molecule has 0 aliphatic heterocycles. The maximum atomic E-state index is 9.40. The monoisotopic (exact) mass is 224 g/mol. The molecule has 3 nitrogen and oxygen atoms in total. The Labute approximate surface area is 97.0 Å². The average molecular weight is 224 g/mol. The van der Waals surface area contributed by atoms with Crippen LogP contribution in [0.2, 0.25) is 0 Å². The van der Waals surface area contributed by atoms with Crippen molar-refractivity contribution < 1.29 is 14.6 Å². The van der Waals surface area contributed by atoms with Gasteiger partial charge >= 0.3 is 0 Å². The van der Waals surface area contributed by atoms with Crippen LogP contribution in [0.5, 0.6) is 11.5 Å². The van der Waals surface area contributed by atoms with E-state index >= 15 is 0 Å². The third kappa shape index (κ3) is 3.42. The van der Waals surface area contributed by atoms with Crippen LogP contribution < -0.4 is 9.47 Å². The van der Waals surface area contributed by atoms with Gasteiger partial charge in [-0.25, -0.2) is 0 Å². The molecule has 90 valence electrons. The van der Waals surface area contributed by atoms with Gasteiger partial charge in [0.2, 0.25) is 0 Å². The number of ether oxygens (including phenoxy) is 2. The van der Waals surface area contributed by atoms with Crippen molar-refractivity contribution in [1.29, 1.82) is 0 Å². The Morgan fingerprint density at radius 1 is 1.25 bits per heavy atom. The summed E-state index contributed by atoms with van der Waals surface area (Å²) in [5, 5.41) is 9.40. The summed E-state index contributed by atoms with van der Waals surface area (Å²) in [6.45, 7) is 5.71. The predicted octanol–water partition coefficient (Wildman–Crippen LogP) is 2.41. The number of hydrogen-bond donors (Lipinski definition) is 1. The summed E-state index contributed by atoms with van der Waals surface area (Å²) in [5.41, 5.74) is 0.968. The van der Waals surface area contributed by atoms with E-state index in [1.807, 2.05) is 32.0 Å². The molecule has 16 heavy (non-hydrogen) atoms. The number of benzene rings is 1. The van der Waals surface area contributed by atoms with Crippen molar-refractivity contribution in [2.24, 2.45) is 0 Å². The number of aliphatic hydroxyl groups excluding tert-OH is 1. The normalized spacial score (nSPS) is 12.6. The van der Waals surface area contributed by atoms with Gasteiger partial charge in [0.05, 0.1) is 19.3 Å². The summed E-state index contributed by atoms with van der Waals surface area (Å²) in [6.07, 6.45) is 0.289. The summed E-state index contributed by atoms with van der Waals surface area (Å²) < 4.78 is 11.0. The molecular formula is C13H20O3. The van der Waals surface area contributed by atoms with Crippen LogP contribution in [0.25, 0.3) is 0 Å². The van der Waals surface area contributed by atoms with Gasteiger partial charge in [0.25, 0.3) is 0 Å². The van der Waals surface area contributed by atoms with Gasteiger partial charge in [0.15, 0.2) is 11.5 Å². The molecular weight excluding hydrogens is 204 g/mol. The van der Waals surface area contributed by atoms with E-state index in [9.17, 15) is 5.11 Å². The molecule has 0 saturated heterocycles. The van der Waals surface area contributed by atoms with Gasteiger partial charge in [-0.2, -0.15) is 0 Å². The molecule has 1 atom stereocenters. The number of aliphatic hydroxyl groups is 1. The molecule has 0 heterocycles. The summed E-state index contributed by atoms with van der Waals surface area (Å²) in [4.78, 5) is 0. The van der Waals surface area contributed by atoms with Crippen molar-refractivity contribution in [3.8, 4) is 11.5 Å². The van der Waals surface area contributed by atoms with Crippen LogP contribution in [-0.4, -0.2) is 24.4 Å². The molecule has 0 spiro atoms. The molecule has 0 fully saturated rings. The first-order valence-electron chi connectivity index (χ1n) is 5.55. The van der Waals surface area contributed by atoms with Crippen molar-refractivity contribution in [3.05, 3.63) is 23.8 Å². The minimum Gasteiger partial charge on any atom is -0.493 e. The topological polar surface area (TPSA) is 38.7 Å². The van der Waals surface area contributed by atoms with Crippen LogP contribution in [-0.2, 0) is 6.42 Å². The molecule has 0 amide bonds. The van der Waals surface area contributed by atoms with E-state index in [1.54, 1.807) is 14.0 Å². The number of methoxy groups -OCH3 is 1. The molecule has 1 aromatic rings. The highest BCUT2D eigenvalue weighted by atomic mass is 16.5. The SMILES string of the molecule is COc1c(CC(C)O)cccc1OC(C)C. The Morgan fingerprint density at radius 2 is 1.94 bits per heavy atom. The first-order chi connectivity index (χ1) is 7.54. The van der Waals surface area contributed by atoms with Gasteiger partial charge in [-0.15, -0.1) is 0 Å². The molecule has 0 aromatic heterocycles. The number of rotatable bonds is 5. The van der Waals surface area contributed by atoms with Gasteiger partial charge in [0.1, 0.15) is 0 Å². The van der Waals surface area contributed by atoms with Gasteiger partial charge in [0, 0.05) is 12.0 Å². The second kappa shape index (κ2) is 5.75. The summed E-state index contributed by atoms with van der Waals surface area (Å²) in [6, 6.07) is 5.74. The number of para-hydroxylation sites is 1. The largest absolute Gasteiger partial charge is 0.493 e. The Kier molecular flexibility index (Phi) is 4.62. The van der Waals surface area contributed by atoms with Crippen LogP contribution in [0, 0.1) is 0 Å². The average Bonchev–Trinajstić information content (AvgIpc) is 2.16. The molecule has 1 aromatic carbocycles. The minimum absolute atomic E-state index is 0.107. The lowest BCUT2D eigenvalue weighted by atomic mass is 10.1. The third-order valence-corrected chi connectivity index (χ3v) is 2.14. The predicted molar refractivity (Wildman–Crippen MR) is 64.1 cm³/mol. The highest BCUT2D eigenvalue weighted by Gasteiger charge is 2.12. The van der Waals surface area contributed by atoms with Crippen LogP contribution in [0.4, 0.5) is 0 Å². The van der Waals surface area contributed by atoms with Gasteiger partial charge in [-0.1, -0.05) is 12.1 Å². The van der Waals surface area contributed by atoms with E-state index in [2.05, 4.69) is 0 Å². The first kappa shape index (κ1) is 12.8. The lowest BCUT2D eigenvalue weighted by Gasteiger charge is -2.17. The smallest absolute Gasteiger partial charge is 0.164 e. The van der Waals surface area contributed by atoms with E-state index in [1.165, 1.54) is 0 Å². The Balaban J connectivity index is 3.00. The van der Waals surface area contributed by atoms with Gasteiger partial charge in [-0.3, -0.25) is 0 Å². The van der Waals surface area contributed by atoms with E-state index in [-0.39, 0.29) is 12.2 Å².